The van der Waals surface area contributed by atoms with Gasteiger partial charge in [0.25, 0.3) is 0 Å². The van der Waals surface area contributed by atoms with E-state index in [4.69, 9.17) is 5.11 Å². The Bertz CT molecular complexity index is 288. The minimum Gasteiger partial charge on any atom is -0.396 e. The number of hydrogen-bond acceptors (Lipinski definition) is 2. The third kappa shape index (κ3) is 6.05. The van der Waals surface area contributed by atoms with Crippen molar-refractivity contribution < 1.29 is 9.90 Å². The van der Waals surface area contributed by atoms with Crippen molar-refractivity contribution in [3.63, 3.8) is 0 Å². The molecule has 0 saturated carbocycles. The van der Waals surface area contributed by atoms with Gasteiger partial charge in [0.15, 0.2) is 0 Å². The van der Waals surface area contributed by atoms with E-state index in [1.54, 1.807) is 0 Å². The Hall–Kier alpha value is -1.03. The van der Waals surface area contributed by atoms with Gasteiger partial charge in [-0.1, -0.05) is 26.0 Å². The Morgan fingerprint density at radius 2 is 2.22 bits per heavy atom. The second kappa shape index (κ2) is 7.41. The molecule has 1 unspecified atom stereocenters. The predicted molar refractivity (Wildman–Crippen MR) is 73.4 cm³/mol. The van der Waals surface area contributed by atoms with Crippen LogP contribution in [-0.4, -0.2) is 30.3 Å². The first-order chi connectivity index (χ1) is 8.53. The number of carbonyl (C=O) groups is 1. The number of carbonyl (C=O) groups excluding carboxylic acids is 1. The van der Waals surface area contributed by atoms with Gasteiger partial charge in [0, 0.05) is 19.2 Å². The predicted octanol–water partition coefficient (Wildman–Crippen LogP) is 2.19. The molecule has 1 rings (SSSR count). The summed E-state index contributed by atoms with van der Waals surface area (Å²) in [5.74, 6) is 0. The highest BCUT2D eigenvalue weighted by molar-refractivity contribution is 5.74. The number of aliphatic hydroxyl groups excluding tert-OH is 1. The van der Waals surface area contributed by atoms with E-state index in [1.807, 2.05) is 13.8 Å². The van der Waals surface area contributed by atoms with Gasteiger partial charge in [0.05, 0.1) is 0 Å². The number of urea groups is 1. The van der Waals surface area contributed by atoms with Gasteiger partial charge in [-0.2, -0.15) is 0 Å². The quantitative estimate of drug-likeness (QED) is 0.502. The van der Waals surface area contributed by atoms with Crippen LogP contribution in [0.4, 0.5) is 4.79 Å². The smallest absolute Gasteiger partial charge is 0.315 e. The van der Waals surface area contributed by atoms with Crippen molar-refractivity contribution in [2.45, 2.75) is 52.0 Å². The molecule has 0 aliphatic heterocycles. The summed E-state index contributed by atoms with van der Waals surface area (Å²) in [4.78, 5) is 11.6. The molecule has 0 aromatic rings. The van der Waals surface area contributed by atoms with Crippen LogP contribution >= 0.6 is 0 Å². The third-order valence-corrected chi connectivity index (χ3v) is 3.35. The van der Waals surface area contributed by atoms with E-state index in [1.165, 1.54) is 0 Å². The van der Waals surface area contributed by atoms with Crippen molar-refractivity contribution in [1.29, 1.82) is 0 Å². The van der Waals surface area contributed by atoms with Crippen LogP contribution in [0, 0.1) is 5.41 Å². The Kier molecular flexibility index (Phi) is 6.19. The van der Waals surface area contributed by atoms with Crippen LogP contribution in [0.25, 0.3) is 0 Å². The second-order valence-corrected chi connectivity index (χ2v) is 5.81. The molecule has 0 aromatic carbocycles. The summed E-state index contributed by atoms with van der Waals surface area (Å²) in [5, 5.41) is 15.0. The summed E-state index contributed by atoms with van der Waals surface area (Å²) in [6.07, 6.45) is 9.11. The van der Waals surface area contributed by atoms with Crippen LogP contribution in [0.2, 0.25) is 0 Å². The maximum Gasteiger partial charge on any atom is 0.315 e. The number of hydrogen-bond donors (Lipinski definition) is 3. The van der Waals surface area contributed by atoms with Gasteiger partial charge in [0.1, 0.15) is 0 Å². The highest BCUT2D eigenvalue weighted by atomic mass is 16.3. The van der Waals surface area contributed by atoms with Crippen LogP contribution in [0.3, 0.4) is 0 Å². The first-order valence-corrected chi connectivity index (χ1v) is 6.84. The average Bonchev–Trinajstić information content (AvgIpc) is 2.36. The molecular formula is C14H26N2O2. The minimum absolute atomic E-state index is 0.0493. The largest absolute Gasteiger partial charge is 0.396 e. The summed E-state index contributed by atoms with van der Waals surface area (Å²) in [6.45, 7) is 4.91. The number of nitrogens with one attached hydrogen (secondary N) is 2. The van der Waals surface area contributed by atoms with E-state index in [0.717, 1.165) is 32.1 Å². The van der Waals surface area contributed by atoms with Crippen LogP contribution in [0.5, 0.6) is 0 Å². The van der Waals surface area contributed by atoms with Gasteiger partial charge >= 0.3 is 6.03 Å². The molecule has 1 atom stereocenters. The molecule has 0 fully saturated rings. The molecule has 3 N–H and O–H groups in total. The summed E-state index contributed by atoms with van der Waals surface area (Å²) < 4.78 is 0. The van der Waals surface area contributed by atoms with E-state index in [9.17, 15) is 4.79 Å². The first kappa shape index (κ1) is 15.0. The van der Waals surface area contributed by atoms with Gasteiger partial charge in [-0.15, -0.1) is 0 Å². The molecule has 0 spiro atoms. The van der Waals surface area contributed by atoms with Crippen LogP contribution in [0.1, 0.15) is 46.0 Å². The molecular weight excluding hydrogens is 228 g/mol. The summed E-state index contributed by atoms with van der Waals surface area (Å²) in [7, 11) is 0. The molecule has 0 saturated heterocycles. The zero-order chi connectivity index (χ0) is 13.4. The van der Waals surface area contributed by atoms with E-state index < -0.39 is 0 Å². The van der Waals surface area contributed by atoms with Crippen molar-refractivity contribution >= 4 is 6.03 Å². The third-order valence-electron chi connectivity index (χ3n) is 3.35. The maximum atomic E-state index is 11.6. The van der Waals surface area contributed by atoms with Gasteiger partial charge in [-0.3, -0.25) is 0 Å². The van der Waals surface area contributed by atoms with Crippen LogP contribution in [-0.2, 0) is 0 Å². The zero-order valence-corrected chi connectivity index (χ0v) is 11.5. The van der Waals surface area contributed by atoms with E-state index in [0.29, 0.717) is 6.54 Å². The lowest BCUT2D eigenvalue weighted by atomic mass is 9.89. The Labute approximate surface area is 110 Å². The fraction of sp³-hybridized carbons (Fsp3) is 0.786. The second-order valence-electron chi connectivity index (χ2n) is 5.81. The summed E-state index contributed by atoms with van der Waals surface area (Å²) in [6, 6.07) is 0.209. The first-order valence-electron chi connectivity index (χ1n) is 6.84. The van der Waals surface area contributed by atoms with Crippen molar-refractivity contribution in [2.75, 3.05) is 13.2 Å². The number of amides is 2. The van der Waals surface area contributed by atoms with Gasteiger partial charge in [0.2, 0.25) is 0 Å². The molecule has 0 bridgehead atoms. The van der Waals surface area contributed by atoms with Crippen LogP contribution in [0.15, 0.2) is 12.2 Å². The normalized spacial score (nSPS) is 19.6. The fourth-order valence-electron chi connectivity index (χ4n) is 2.01. The zero-order valence-electron chi connectivity index (χ0n) is 11.5. The average molecular weight is 254 g/mol. The van der Waals surface area contributed by atoms with Crippen molar-refractivity contribution in [3.05, 3.63) is 12.2 Å². The molecule has 1 aliphatic carbocycles. The molecule has 0 radical (unpaired) electrons. The molecule has 4 nitrogen and oxygen atoms in total. The Morgan fingerprint density at radius 3 is 2.83 bits per heavy atom. The number of allylic oxidation sites excluding steroid dienone is 1. The molecule has 18 heavy (non-hydrogen) atoms. The molecule has 1 aliphatic rings. The highest BCUT2D eigenvalue weighted by Gasteiger charge is 2.16. The topological polar surface area (TPSA) is 61.4 Å². The highest BCUT2D eigenvalue weighted by Crippen LogP contribution is 2.20. The van der Waals surface area contributed by atoms with E-state index >= 15 is 0 Å². The Balaban J connectivity index is 2.08. The SMILES string of the molecule is CC(C)(CO)CCCNC(=O)NC1CC=CCC1. The van der Waals surface area contributed by atoms with Crippen LogP contribution < -0.4 is 10.6 Å². The lowest BCUT2D eigenvalue weighted by Crippen LogP contribution is -2.42. The minimum atomic E-state index is -0.0721. The molecule has 4 heteroatoms. The summed E-state index contributed by atoms with van der Waals surface area (Å²) >= 11 is 0. The molecule has 0 aromatic heterocycles. The van der Waals surface area contributed by atoms with Gasteiger partial charge < -0.3 is 15.7 Å². The number of rotatable bonds is 6. The lowest BCUT2D eigenvalue weighted by molar-refractivity contribution is 0.148. The van der Waals surface area contributed by atoms with Crippen molar-refractivity contribution in [1.82, 2.24) is 10.6 Å². The maximum absolute atomic E-state index is 11.6. The van der Waals surface area contributed by atoms with Gasteiger partial charge in [-0.05, 0) is 37.5 Å². The van der Waals surface area contributed by atoms with Crippen molar-refractivity contribution in [2.24, 2.45) is 5.41 Å². The molecule has 0 heterocycles. The molecule has 2 amide bonds. The lowest BCUT2D eigenvalue weighted by Gasteiger charge is -2.22. The standard InChI is InChI=1S/C14H26N2O2/c1-14(2,11-17)9-6-10-15-13(18)16-12-7-4-3-5-8-12/h3-4,12,17H,5-11H2,1-2H3,(H2,15,16,18). The van der Waals surface area contributed by atoms with E-state index in [-0.39, 0.29) is 24.1 Å². The van der Waals surface area contributed by atoms with Gasteiger partial charge in [-0.25, -0.2) is 4.79 Å². The number of aliphatic hydroxyl groups is 1. The monoisotopic (exact) mass is 254 g/mol. The fourth-order valence-corrected chi connectivity index (χ4v) is 2.01. The summed E-state index contributed by atoms with van der Waals surface area (Å²) in [5.41, 5.74) is -0.0493. The Morgan fingerprint density at radius 1 is 1.44 bits per heavy atom. The molecule has 104 valence electrons. The van der Waals surface area contributed by atoms with E-state index in [2.05, 4.69) is 22.8 Å². The van der Waals surface area contributed by atoms with Crippen molar-refractivity contribution in [3.8, 4) is 0 Å².